The van der Waals surface area contributed by atoms with Crippen LogP contribution in [0.3, 0.4) is 0 Å². The number of nitrogens with one attached hydrogen (secondary N) is 1. The van der Waals surface area contributed by atoms with Gasteiger partial charge in [0, 0.05) is 10.9 Å². The molecule has 1 aromatic heterocycles. The van der Waals surface area contributed by atoms with Gasteiger partial charge in [0.25, 0.3) is 5.91 Å². The molecule has 0 bridgehead atoms. The Morgan fingerprint density at radius 1 is 1.29 bits per heavy atom. The molecule has 0 aliphatic carbocycles. The van der Waals surface area contributed by atoms with Crippen LogP contribution >= 0.6 is 11.3 Å². The number of anilines is 1. The third-order valence-corrected chi connectivity index (χ3v) is 4.05. The number of para-hydroxylation sites is 2. The van der Waals surface area contributed by atoms with Crippen molar-refractivity contribution in [2.24, 2.45) is 0 Å². The van der Waals surface area contributed by atoms with E-state index in [0.29, 0.717) is 29.2 Å². The number of carbonyl (C=O) groups excluding carboxylic acids is 1. The zero-order chi connectivity index (χ0) is 16.9. The number of nitrogens with zero attached hydrogens (tertiary/aromatic N) is 1. The molecule has 0 fully saturated rings. The van der Waals surface area contributed by atoms with E-state index in [1.54, 1.807) is 30.6 Å². The Balaban J connectivity index is 1.74. The van der Waals surface area contributed by atoms with E-state index in [9.17, 15) is 9.18 Å². The number of aromatic nitrogens is 1. The highest BCUT2D eigenvalue weighted by molar-refractivity contribution is 7.07. The molecule has 0 unspecified atom stereocenters. The van der Waals surface area contributed by atoms with Gasteiger partial charge in [0.15, 0.2) is 0 Å². The van der Waals surface area contributed by atoms with Crippen molar-refractivity contribution in [2.75, 3.05) is 5.32 Å². The van der Waals surface area contributed by atoms with Crippen molar-refractivity contribution < 1.29 is 13.9 Å². The Morgan fingerprint density at radius 3 is 2.88 bits per heavy atom. The summed E-state index contributed by atoms with van der Waals surface area (Å²) in [5, 5.41) is 4.70. The number of benzene rings is 2. The molecule has 1 heterocycles. The summed E-state index contributed by atoms with van der Waals surface area (Å²) in [4.78, 5) is 16.5. The van der Waals surface area contributed by atoms with Crippen molar-refractivity contribution in [3.8, 4) is 5.75 Å². The standard InChI is InChI=1S/C18H15FN2O2S/c1-12-8-13(6-7-15(12)19)18(22)21-16-4-2-3-5-17(16)23-9-14-10-24-11-20-14/h2-8,10-11H,9H2,1H3,(H,21,22). The van der Waals surface area contributed by atoms with Gasteiger partial charge in [-0.15, -0.1) is 11.3 Å². The Kier molecular flexibility index (Phi) is 4.86. The monoisotopic (exact) mass is 342 g/mol. The lowest BCUT2D eigenvalue weighted by molar-refractivity contribution is 0.102. The predicted octanol–water partition coefficient (Wildman–Crippen LogP) is 4.42. The molecule has 4 nitrogen and oxygen atoms in total. The van der Waals surface area contributed by atoms with E-state index >= 15 is 0 Å². The minimum Gasteiger partial charge on any atom is -0.485 e. The summed E-state index contributed by atoms with van der Waals surface area (Å²) in [6.45, 7) is 1.95. The molecule has 0 aliphatic rings. The Bertz CT molecular complexity index is 850. The molecule has 6 heteroatoms. The average molecular weight is 342 g/mol. The maximum Gasteiger partial charge on any atom is 0.255 e. The number of halogens is 1. The highest BCUT2D eigenvalue weighted by Gasteiger charge is 2.11. The van der Waals surface area contributed by atoms with Gasteiger partial charge < -0.3 is 10.1 Å². The van der Waals surface area contributed by atoms with Crippen LogP contribution in [-0.4, -0.2) is 10.9 Å². The van der Waals surface area contributed by atoms with E-state index in [2.05, 4.69) is 10.3 Å². The lowest BCUT2D eigenvalue weighted by atomic mass is 10.1. The highest BCUT2D eigenvalue weighted by atomic mass is 32.1. The second kappa shape index (κ2) is 7.23. The molecular formula is C18H15FN2O2S. The van der Waals surface area contributed by atoms with E-state index in [1.807, 2.05) is 11.4 Å². The van der Waals surface area contributed by atoms with E-state index in [1.165, 1.54) is 29.5 Å². The fourth-order valence-corrected chi connectivity index (χ4v) is 2.68. The van der Waals surface area contributed by atoms with E-state index in [0.717, 1.165) is 5.69 Å². The van der Waals surface area contributed by atoms with Gasteiger partial charge in [-0.3, -0.25) is 4.79 Å². The molecular weight excluding hydrogens is 327 g/mol. The minimum absolute atomic E-state index is 0.317. The lowest BCUT2D eigenvalue weighted by Gasteiger charge is -2.12. The summed E-state index contributed by atoms with van der Waals surface area (Å²) in [6.07, 6.45) is 0. The minimum atomic E-state index is -0.335. The number of rotatable bonds is 5. The Labute approximate surface area is 142 Å². The van der Waals surface area contributed by atoms with Crippen molar-refractivity contribution in [2.45, 2.75) is 13.5 Å². The van der Waals surface area contributed by atoms with Crippen LogP contribution in [0, 0.1) is 12.7 Å². The van der Waals surface area contributed by atoms with Gasteiger partial charge in [-0.2, -0.15) is 0 Å². The number of ether oxygens (including phenoxy) is 1. The van der Waals surface area contributed by atoms with E-state index in [-0.39, 0.29) is 11.7 Å². The lowest BCUT2D eigenvalue weighted by Crippen LogP contribution is -2.13. The molecule has 0 saturated heterocycles. The van der Waals surface area contributed by atoms with Crippen LogP contribution in [0.25, 0.3) is 0 Å². The zero-order valence-electron chi connectivity index (χ0n) is 13.0. The molecule has 1 N–H and O–H groups in total. The number of hydrogen-bond acceptors (Lipinski definition) is 4. The van der Waals surface area contributed by atoms with Gasteiger partial charge in [0.2, 0.25) is 0 Å². The number of thiazole rings is 1. The van der Waals surface area contributed by atoms with Gasteiger partial charge in [-0.1, -0.05) is 12.1 Å². The third-order valence-electron chi connectivity index (χ3n) is 3.41. The van der Waals surface area contributed by atoms with Crippen LogP contribution in [-0.2, 0) is 6.61 Å². The Morgan fingerprint density at radius 2 is 2.12 bits per heavy atom. The summed E-state index contributed by atoms with van der Waals surface area (Å²) in [5.74, 6) is -0.0981. The summed E-state index contributed by atoms with van der Waals surface area (Å²) in [6, 6.07) is 11.4. The molecule has 1 amide bonds. The van der Waals surface area contributed by atoms with Crippen LogP contribution in [0.1, 0.15) is 21.6 Å². The van der Waals surface area contributed by atoms with Crippen molar-refractivity contribution in [3.63, 3.8) is 0 Å². The van der Waals surface area contributed by atoms with Crippen molar-refractivity contribution in [1.29, 1.82) is 0 Å². The van der Waals surface area contributed by atoms with Gasteiger partial charge in [-0.25, -0.2) is 9.37 Å². The number of amides is 1. The first kappa shape index (κ1) is 16.1. The van der Waals surface area contributed by atoms with Gasteiger partial charge in [0.05, 0.1) is 16.9 Å². The maximum atomic E-state index is 13.3. The molecule has 3 aromatic rings. The first-order valence-electron chi connectivity index (χ1n) is 7.30. The maximum absolute atomic E-state index is 13.3. The van der Waals surface area contributed by atoms with Crippen LogP contribution < -0.4 is 10.1 Å². The predicted molar refractivity (Wildman–Crippen MR) is 92.0 cm³/mol. The normalized spacial score (nSPS) is 10.4. The zero-order valence-corrected chi connectivity index (χ0v) is 13.8. The van der Waals surface area contributed by atoms with E-state index < -0.39 is 0 Å². The highest BCUT2D eigenvalue weighted by Crippen LogP contribution is 2.25. The van der Waals surface area contributed by atoms with Crippen molar-refractivity contribution in [1.82, 2.24) is 4.98 Å². The molecule has 24 heavy (non-hydrogen) atoms. The Hall–Kier alpha value is -2.73. The summed E-state index contributed by atoms with van der Waals surface area (Å²) >= 11 is 1.50. The molecule has 122 valence electrons. The first-order chi connectivity index (χ1) is 11.6. The first-order valence-corrected chi connectivity index (χ1v) is 8.24. The largest absolute Gasteiger partial charge is 0.485 e. The molecule has 3 rings (SSSR count). The third kappa shape index (κ3) is 3.78. The molecule has 0 aliphatic heterocycles. The molecule has 0 atom stereocenters. The number of aryl methyl sites for hydroxylation is 1. The van der Waals surface area contributed by atoms with Crippen LogP contribution in [0.5, 0.6) is 5.75 Å². The summed E-state index contributed by atoms with van der Waals surface area (Å²) in [5.41, 5.74) is 3.94. The van der Waals surface area contributed by atoms with Crippen molar-refractivity contribution >= 4 is 22.9 Å². The number of carbonyl (C=O) groups is 1. The van der Waals surface area contributed by atoms with E-state index in [4.69, 9.17) is 4.74 Å². The van der Waals surface area contributed by atoms with Crippen LogP contribution in [0.4, 0.5) is 10.1 Å². The molecule has 2 aromatic carbocycles. The number of hydrogen-bond donors (Lipinski definition) is 1. The van der Waals surface area contributed by atoms with Crippen LogP contribution in [0.2, 0.25) is 0 Å². The van der Waals surface area contributed by atoms with Gasteiger partial charge in [0.1, 0.15) is 18.2 Å². The fraction of sp³-hybridized carbons (Fsp3) is 0.111. The van der Waals surface area contributed by atoms with Crippen LogP contribution in [0.15, 0.2) is 53.4 Å². The average Bonchev–Trinajstić information content (AvgIpc) is 3.10. The summed E-state index contributed by atoms with van der Waals surface area (Å²) in [7, 11) is 0. The SMILES string of the molecule is Cc1cc(C(=O)Nc2ccccc2OCc2cscn2)ccc1F. The van der Waals surface area contributed by atoms with Gasteiger partial charge in [-0.05, 0) is 42.8 Å². The smallest absolute Gasteiger partial charge is 0.255 e. The quantitative estimate of drug-likeness (QED) is 0.747. The molecule has 0 radical (unpaired) electrons. The second-order valence-electron chi connectivity index (χ2n) is 5.18. The fourth-order valence-electron chi connectivity index (χ4n) is 2.14. The molecule has 0 saturated carbocycles. The summed E-state index contributed by atoms with van der Waals surface area (Å²) < 4.78 is 19.1. The second-order valence-corrected chi connectivity index (χ2v) is 5.90. The topological polar surface area (TPSA) is 51.2 Å². The molecule has 0 spiro atoms. The van der Waals surface area contributed by atoms with Crippen molar-refractivity contribution in [3.05, 3.63) is 76.0 Å². The van der Waals surface area contributed by atoms with Gasteiger partial charge >= 0.3 is 0 Å².